The van der Waals surface area contributed by atoms with E-state index in [-0.39, 0.29) is 12.2 Å². The summed E-state index contributed by atoms with van der Waals surface area (Å²) >= 11 is 0. The second-order valence-corrected chi connectivity index (χ2v) is 12.2. The van der Waals surface area contributed by atoms with Crippen molar-refractivity contribution in [3.8, 4) is 0 Å². The summed E-state index contributed by atoms with van der Waals surface area (Å²) in [5.41, 5.74) is 0.766. The van der Waals surface area contributed by atoms with Gasteiger partial charge in [-0.2, -0.15) is 0 Å². The first kappa shape index (κ1) is 22.1. The molecule has 168 valence electrons. The maximum Gasteiger partial charge on any atom is 0.0605 e. The van der Waals surface area contributed by atoms with Gasteiger partial charge >= 0.3 is 0 Å². The molecular weight excluding hydrogens is 356 g/mol. The van der Waals surface area contributed by atoms with Crippen molar-refractivity contribution in [3.05, 3.63) is 0 Å². The molecule has 0 aromatic carbocycles. The van der Waals surface area contributed by atoms with Crippen LogP contribution < -0.4 is 0 Å². The van der Waals surface area contributed by atoms with Crippen molar-refractivity contribution >= 4 is 0 Å². The molecule has 0 heterocycles. The van der Waals surface area contributed by atoms with Gasteiger partial charge in [-0.25, -0.2) is 0 Å². The van der Waals surface area contributed by atoms with Gasteiger partial charge < -0.3 is 10.2 Å². The zero-order chi connectivity index (χ0) is 21.0. The van der Waals surface area contributed by atoms with Crippen molar-refractivity contribution < 1.29 is 10.2 Å². The second-order valence-electron chi connectivity index (χ2n) is 12.2. The molecule has 4 rings (SSSR count). The number of hydrogen-bond donors (Lipinski definition) is 2. The molecule has 2 nitrogen and oxygen atoms in total. The summed E-state index contributed by atoms with van der Waals surface area (Å²) in [6.45, 7) is 12.3. The van der Waals surface area contributed by atoms with Gasteiger partial charge in [-0.05, 0) is 97.2 Å². The lowest BCUT2D eigenvalue weighted by molar-refractivity contribution is -0.203. The predicted octanol–water partition coefficient (Wildman–Crippen LogP) is 6.44. The molecule has 0 aromatic rings. The third-order valence-electron chi connectivity index (χ3n) is 11.2. The zero-order valence-electron chi connectivity index (χ0n) is 19.9. The fraction of sp³-hybridized carbons (Fsp3) is 1.00. The highest BCUT2D eigenvalue weighted by molar-refractivity contribution is 5.13. The summed E-state index contributed by atoms with van der Waals surface area (Å²) in [6, 6.07) is 0. The molecule has 0 aliphatic heterocycles. The molecule has 4 saturated carbocycles. The topological polar surface area (TPSA) is 40.5 Å². The number of aliphatic hydroxyl groups excluding tert-OH is 2. The average molecular weight is 405 g/mol. The lowest BCUT2D eigenvalue weighted by Crippen LogP contribution is -2.62. The zero-order valence-corrected chi connectivity index (χ0v) is 19.9. The Morgan fingerprint density at radius 2 is 1.59 bits per heavy atom. The predicted molar refractivity (Wildman–Crippen MR) is 120 cm³/mol. The van der Waals surface area contributed by atoms with Crippen LogP contribution in [0.2, 0.25) is 0 Å². The van der Waals surface area contributed by atoms with Crippen molar-refractivity contribution in [1.82, 2.24) is 0 Å². The first-order valence-corrected chi connectivity index (χ1v) is 13.1. The van der Waals surface area contributed by atoms with E-state index in [2.05, 4.69) is 34.6 Å². The maximum absolute atomic E-state index is 11.7. The summed E-state index contributed by atoms with van der Waals surface area (Å²) in [4.78, 5) is 0. The summed E-state index contributed by atoms with van der Waals surface area (Å²) < 4.78 is 0. The van der Waals surface area contributed by atoms with E-state index < -0.39 is 0 Å². The number of rotatable bonds is 5. The van der Waals surface area contributed by atoms with Gasteiger partial charge in [0, 0.05) is 0 Å². The minimum Gasteiger partial charge on any atom is -0.393 e. The quantitative estimate of drug-likeness (QED) is 0.553. The Balaban J connectivity index is 1.63. The molecule has 3 unspecified atom stereocenters. The van der Waals surface area contributed by atoms with Crippen molar-refractivity contribution in [2.75, 3.05) is 0 Å². The Morgan fingerprint density at radius 3 is 2.28 bits per heavy atom. The van der Waals surface area contributed by atoms with Crippen LogP contribution in [-0.4, -0.2) is 22.4 Å². The summed E-state index contributed by atoms with van der Waals surface area (Å²) in [5.74, 6) is 4.46. The Morgan fingerprint density at radius 1 is 0.897 bits per heavy atom. The van der Waals surface area contributed by atoms with Crippen LogP contribution in [-0.2, 0) is 0 Å². The van der Waals surface area contributed by atoms with E-state index in [9.17, 15) is 10.2 Å². The third-order valence-corrected chi connectivity index (χ3v) is 11.2. The standard InChI is InChI=1S/C27H48O2/c1-6-8-9-17(3)20-10-11-21-24-22(13-15-26(20,21)4)27(5)14-12-18(28)16-23(27)19(7-2)25(24)29/h17-25,28-29H,6-16H2,1-5H3/t17-,18-,19-,20-,21?,22?,23+,24?,25-,26-,27-/m1/s1. The number of unbranched alkanes of at least 4 members (excludes halogenated alkanes) is 1. The van der Waals surface area contributed by atoms with Gasteiger partial charge in [-0.3, -0.25) is 0 Å². The second kappa shape index (κ2) is 8.12. The fourth-order valence-corrected chi connectivity index (χ4v) is 9.66. The highest BCUT2D eigenvalue weighted by Gasteiger charge is 2.64. The molecule has 4 aliphatic rings. The van der Waals surface area contributed by atoms with E-state index in [1.165, 1.54) is 51.4 Å². The highest BCUT2D eigenvalue weighted by Crippen LogP contribution is 2.69. The minimum absolute atomic E-state index is 0.144. The van der Waals surface area contributed by atoms with Crippen LogP contribution in [0.15, 0.2) is 0 Å². The molecule has 2 N–H and O–H groups in total. The molecule has 0 spiro atoms. The first-order chi connectivity index (χ1) is 13.8. The van der Waals surface area contributed by atoms with Crippen LogP contribution in [0.5, 0.6) is 0 Å². The maximum atomic E-state index is 11.7. The van der Waals surface area contributed by atoms with Crippen molar-refractivity contribution in [3.63, 3.8) is 0 Å². The van der Waals surface area contributed by atoms with Crippen LogP contribution in [0, 0.1) is 52.3 Å². The van der Waals surface area contributed by atoms with Gasteiger partial charge in [0.05, 0.1) is 12.2 Å². The lowest BCUT2D eigenvalue weighted by Gasteiger charge is -2.64. The largest absolute Gasteiger partial charge is 0.393 e. The van der Waals surface area contributed by atoms with Gasteiger partial charge in [0.25, 0.3) is 0 Å². The molecule has 0 radical (unpaired) electrons. The lowest BCUT2D eigenvalue weighted by atomic mass is 9.41. The van der Waals surface area contributed by atoms with E-state index in [0.29, 0.717) is 40.4 Å². The molecule has 29 heavy (non-hydrogen) atoms. The van der Waals surface area contributed by atoms with Crippen LogP contribution in [0.3, 0.4) is 0 Å². The van der Waals surface area contributed by atoms with Gasteiger partial charge in [-0.15, -0.1) is 0 Å². The summed E-state index contributed by atoms with van der Waals surface area (Å²) in [6.07, 6.45) is 13.3. The highest BCUT2D eigenvalue weighted by atomic mass is 16.3. The van der Waals surface area contributed by atoms with E-state index in [0.717, 1.165) is 31.1 Å². The molecule has 11 atom stereocenters. The number of fused-ring (bicyclic) bond motifs is 5. The molecule has 0 saturated heterocycles. The fourth-order valence-electron chi connectivity index (χ4n) is 9.66. The molecule has 0 bridgehead atoms. The smallest absolute Gasteiger partial charge is 0.0605 e. The van der Waals surface area contributed by atoms with Crippen LogP contribution in [0.4, 0.5) is 0 Å². The third kappa shape index (κ3) is 3.34. The minimum atomic E-state index is -0.150. The van der Waals surface area contributed by atoms with Crippen LogP contribution in [0.1, 0.15) is 105 Å². The van der Waals surface area contributed by atoms with Crippen molar-refractivity contribution in [2.24, 2.45) is 52.3 Å². The Bertz CT molecular complexity index is 575. The van der Waals surface area contributed by atoms with E-state index in [1.54, 1.807) is 0 Å². The molecule has 2 heteroatoms. The number of aliphatic hydroxyl groups is 2. The van der Waals surface area contributed by atoms with E-state index in [4.69, 9.17) is 0 Å². The SMILES string of the molecule is CCCC[C@@H](C)[C@H]1CCC2C3C(CC[C@@]21C)[C@@]1(C)CC[C@@H](O)C[C@H]1[C@@H](CC)[C@H]3O. The Kier molecular flexibility index (Phi) is 6.19. The first-order valence-electron chi connectivity index (χ1n) is 13.1. The Labute approximate surface area is 180 Å². The van der Waals surface area contributed by atoms with Gasteiger partial charge in [0.2, 0.25) is 0 Å². The summed E-state index contributed by atoms with van der Waals surface area (Å²) in [5, 5.41) is 22.2. The molecular formula is C27H48O2. The molecule has 0 aromatic heterocycles. The van der Waals surface area contributed by atoms with Crippen LogP contribution in [0.25, 0.3) is 0 Å². The van der Waals surface area contributed by atoms with E-state index in [1.807, 2.05) is 0 Å². The number of hydrogen-bond acceptors (Lipinski definition) is 2. The normalized spacial score (nSPS) is 53.1. The van der Waals surface area contributed by atoms with Gasteiger partial charge in [0.15, 0.2) is 0 Å². The van der Waals surface area contributed by atoms with Crippen LogP contribution >= 0.6 is 0 Å². The molecule has 4 aliphatic carbocycles. The monoisotopic (exact) mass is 404 g/mol. The van der Waals surface area contributed by atoms with Gasteiger partial charge in [0.1, 0.15) is 0 Å². The van der Waals surface area contributed by atoms with Crippen molar-refractivity contribution in [1.29, 1.82) is 0 Å². The molecule has 4 fully saturated rings. The Hall–Kier alpha value is -0.0800. The van der Waals surface area contributed by atoms with E-state index >= 15 is 0 Å². The molecule has 0 amide bonds. The van der Waals surface area contributed by atoms with Gasteiger partial charge in [-0.1, -0.05) is 60.3 Å². The summed E-state index contributed by atoms with van der Waals surface area (Å²) in [7, 11) is 0. The van der Waals surface area contributed by atoms with Crippen molar-refractivity contribution in [2.45, 2.75) is 117 Å². The average Bonchev–Trinajstić information content (AvgIpc) is 3.05.